The summed E-state index contributed by atoms with van der Waals surface area (Å²) in [6, 6.07) is 16.2. The van der Waals surface area contributed by atoms with Crippen LogP contribution in [0.3, 0.4) is 0 Å². The van der Waals surface area contributed by atoms with Crippen LogP contribution in [0, 0.1) is 0 Å². The van der Waals surface area contributed by atoms with E-state index in [0.717, 1.165) is 5.56 Å². The molecule has 0 spiro atoms. The Kier molecular flexibility index (Phi) is 4.03. The summed E-state index contributed by atoms with van der Waals surface area (Å²) in [6.07, 6.45) is -0.665. The number of hydrogen-bond acceptors (Lipinski definition) is 3. The summed E-state index contributed by atoms with van der Waals surface area (Å²) in [6.45, 7) is 0. The molecule has 1 atom stereocenters. The zero-order valence-electron chi connectivity index (χ0n) is 10.3. The summed E-state index contributed by atoms with van der Waals surface area (Å²) in [5.41, 5.74) is 7.06. The SMILES string of the molecule is Nc1cccc(C(CC(=O)O)Oc2ccccc2)c1. The smallest absolute Gasteiger partial charge is 0.307 e. The second-order valence-corrected chi connectivity index (χ2v) is 4.19. The first-order valence-electron chi connectivity index (χ1n) is 5.94. The normalized spacial score (nSPS) is 11.8. The Bertz CT molecular complexity index is 554. The van der Waals surface area contributed by atoms with E-state index >= 15 is 0 Å². The third kappa shape index (κ3) is 3.74. The maximum Gasteiger partial charge on any atom is 0.307 e. The van der Waals surface area contributed by atoms with Crippen LogP contribution in [-0.4, -0.2) is 11.1 Å². The molecule has 19 heavy (non-hydrogen) atoms. The molecular formula is C15H15NO3. The lowest BCUT2D eigenvalue weighted by molar-refractivity contribution is -0.138. The van der Waals surface area contributed by atoms with Crippen LogP contribution >= 0.6 is 0 Å². The van der Waals surface area contributed by atoms with Gasteiger partial charge in [0.2, 0.25) is 0 Å². The average Bonchev–Trinajstić information content (AvgIpc) is 2.39. The summed E-state index contributed by atoms with van der Waals surface area (Å²) in [7, 11) is 0. The van der Waals surface area contributed by atoms with Crippen LogP contribution in [0.2, 0.25) is 0 Å². The van der Waals surface area contributed by atoms with Crippen molar-refractivity contribution in [1.29, 1.82) is 0 Å². The number of carboxylic acids is 1. The molecule has 0 heterocycles. The van der Waals surface area contributed by atoms with Crippen LogP contribution in [0.1, 0.15) is 18.1 Å². The molecule has 1 unspecified atom stereocenters. The molecule has 0 bridgehead atoms. The van der Waals surface area contributed by atoms with Crippen molar-refractivity contribution >= 4 is 11.7 Å². The van der Waals surface area contributed by atoms with Gasteiger partial charge in [-0.2, -0.15) is 0 Å². The predicted octanol–water partition coefficient (Wildman–Crippen LogP) is 2.86. The van der Waals surface area contributed by atoms with Crippen molar-refractivity contribution in [2.24, 2.45) is 0 Å². The number of carboxylic acid groups (broad SMARTS) is 1. The van der Waals surface area contributed by atoms with Crippen molar-refractivity contribution in [3.63, 3.8) is 0 Å². The molecule has 4 nitrogen and oxygen atoms in total. The molecule has 2 aromatic carbocycles. The molecule has 0 aliphatic rings. The molecule has 0 radical (unpaired) electrons. The number of benzene rings is 2. The van der Waals surface area contributed by atoms with Gasteiger partial charge < -0.3 is 15.6 Å². The van der Waals surface area contributed by atoms with Crippen molar-refractivity contribution in [2.45, 2.75) is 12.5 Å². The number of rotatable bonds is 5. The molecule has 4 heteroatoms. The van der Waals surface area contributed by atoms with E-state index in [0.29, 0.717) is 11.4 Å². The molecule has 0 amide bonds. The fourth-order valence-corrected chi connectivity index (χ4v) is 1.81. The minimum absolute atomic E-state index is 0.113. The van der Waals surface area contributed by atoms with Gasteiger partial charge in [-0.15, -0.1) is 0 Å². The lowest BCUT2D eigenvalue weighted by Gasteiger charge is -2.18. The van der Waals surface area contributed by atoms with Gasteiger partial charge >= 0.3 is 5.97 Å². The second kappa shape index (κ2) is 5.91. The van der Waals surface area contributed by atoms with Crippen LogP contribution in [0.25, 0.3) is 0 Å². The van der Waals surface area contributed by atoms with Crippen LogP contribution in [0.15, 0.2) is 54.6 Å². The summed E-state index contributed by atoms with van der Waals surface area (Å²) in [5, 5.41) is 8.98. The highest BCUT2D eigenvalue weighted by Gasteiger charge is 2.17. The predicted molar refractivity (Wildman–Crippen MR) is 72.9 cm³/mol. The lowest BCUT2D eigenvalue weighted by atomic mass is 10.1. The fraction of sp³-hybridized carbons (Fsp3) is 0.133. The second-order valence-electron chi connectivity index (χ2n) is 4.19. The number of ether oxygens (including phenoxy) is 1. The number of nitrogen functional groups attached to an aromatic ring is 1. The van der Waals surface area contributed by atoms with Gasteiger partial charge in [-0.05, 0) is 29.8 Å². The van der Waals surface area contributed by atoms with Gasteiger partial charge in [0.05, 0.1) is 6.42 Å². The molecule has 0 fully saturated rings. The average molecular weight is 257 g/mol. The van der Waals surface area contributed by atoms with E-state index in [1.165, 1.54) is 0 Å². The quantitative estimate of drug-likeness (QED) is 0.808. The number of carbonyl (C=O) groups is 1. The molecule has 98 valence electrons. The molecule has 0 saturated carbocycles. The Labute approximate surface area is 111 Å². The Morgan fingerprint density at radius 2 is 1.89 bits per heavy atom. The number of nitrogens with two attached hydrogens (primary N) is 1. The Balaban J connectivity index is 2.23. The number of aliphatic carboxylic acids is 1. The molecule has 2 aromatic rings. The summed E-state index contributed by atoms with van der Waals surface area (Å²) in [4.78, 5) is 10.9. The Hall–Kier alpha value is -2.49. The summed E-state index contributed by atoms with van der Waals surface area (Å²) >= 11 is 0. The maximum atomic E-state index is 10.9. The summed E-state index contributed by atoms with van der Waals surface area (Å²) in [5.74, 6) is -0.278. The van der Waals surface area contributed by atoms with Crippen molar-refractivity contribution in [2.75, 3.05) is 5.73 Å². The van der Waals surface area contributed by atoms with Crippen molar-refractivity contribution in [3.8, 4) is 5.75 Å². The first kappa shape index (κ1) is 13.0. The molecule has 0 aliphatic heterocycles. The summed E-state index contributed by atoms with van der Waals surface area (Å²) < 4.78 is 5.73. The number of anilines is 1. The first-order valence-corrected chi connectivity index (χ1v) is 5.94. The molecule has 0 aliphatic carbocycles. The molecular weight excluding hydrogens is 242 g/mol. The van der Waals surface area contributed by atoms with Gasteiger partial charge in [0.1, 0.15) is 11.9 Å². The number of hydrogen-bond donors (Lipinski definition) is 2. The molecule has 2 rings (SSSR count). The van der Waals surface area contributed by atoms with E-state index in [-0.39, 0.29) is 6.42 Å². The van der Waals surface area contributed by atoms with E-state index in [1.807, 2.05) is 24.3 Å². The van der Waals surface area contributed by atoms with Gasteiger partial charge in [-0.1, -0.05) is 30.3 Å². The van der Waals surface area contributed by atoms with Gasteiger partial charge in [0, 0.05) is 5.69 Å². The monoisotopic (exact) mass is 257 g/mol. The maximum absolute atomic E-state index is 10.9. The van der Waals surface area contributed by atoms with Gasteiger partial charge in [-0.25, -0.2) is 0 Å². The zero-order chi connectivity index (χ0) is 13.7. The number of para-hydroxylation sites is 1. The Morgan fingerprint density at radius 1 is 1.16 bits per heavy atom. The van der Waals surface area contributed by atoms with E-state index in [2.05, 4.69) is 0 Å². The third-order valence-electron chi connectivity index (χ3n) is 2.66. The highest BCUT2D eigenvalue weighted by atomic mass is 16.5. The van der Waals surface area contributed by atoms with Crippen LogP contribution in [-0.2, 0) is 4.79 Å². The van der Waals surface area contributed by atoms with E-state index < -0.39 is 12.1 Å². The molecule has 0 aromatic heterocycles. The lowest BCUT2D eigenvalue weighted by Crippen LogP contribution is -2.13. The topological polar surface area (TPSA) is 72.6 Å². The highest BCUT2D eigenvalue weighted by molar-refractivity contribution is 5.68. The van der Waals surface area contributed by atoms with Crippen LogP contribution < -0.4 is 10.5 Å². The van der Waals surface area contributed by atoms with E-state index in [9.17, 15) is 4.79 Å². The van der Waals surface area contributed by atoms with Crippen molar-refractivity contribution in [3.05, 3.63) is 60.2 Å². The van der Waals surface area contributed by atoms with Gasteiger partial charge in [0.25, 0.3) is 0 Å². The fourth-order valence-electron chi connectivity index (χ4n) is 1.81. The molecule has 3 N–H and O–H groups in total. The van der Waals surface area contributed by atoms with Crippen molar-refractivity contribution < 1.29 is 14.6 Å². The standard InChI is InChI=1S/C15H15NO3/c16-12-6-4-5-11(9-12)14(10-15(17)18)19-13-7-2-1-3-8-13/h1-9,14H,10,16H2,(H,17,18). The van der Waals surface area contributed by atoms with Crippen molar-refractivity contribution in [1.82, 2.24) is 0 Å². The first-order chi connectivity index (χ1) is 9.15. The van der Waals surface area contributed by atoms with Crippen LogP contribution in [0.5, 0.6) is 5.75 Å². The Morgan fingerprint density at radius 3 is 2.53 bits per heavy atom. The zero-order valence-corrected chi connectivity index (χ0v) is 10.3. The van der Waals surface area contributed by atoms with Crippen LogP contribution in [0.4, 0.5) is 5.69 Å². The minimum Gasteiger partial charge on any atom is -0.485 e. The largest absolute Gasteiger partial charge is 0.485 e. The van der Waals surface area contributed by atoms with E-state index in [1.54, 1.807) is 30.3 Å². The van der Waals surface area contributed by atoms with Gasteiger partial charge in [-0.3, -0.25) is 4.79 Å². The van der Waals surface area contributed by atoms with Gasteiger partial charge in [0.15, 0.2) is 0 Å². The highest BCUT2D eigenvalue weighted by Crippen LogP contribution is 2.25. The van der Waals surface area contributed by atoms with E-state index in [4.69, 9.17) is 15.6 Å². The third-order valence-corrected chi connectivity index (χ3v) is 2.66. The minimum atomic E-state index is -0.914. The molecule has 0 saturated heterocycles.